The molecule has 37 heavy (non-hydrogen) atoms. The maximum absolute atomic E-state index is 11.6. The molecule has 2 fully saturated rings. The number of hydrogen-bond acceptors (Lipinski definition) is 13. The Morgan fingerprint density at radius 2 is 0.946 bits per heavy atom. The zero-order chi connectivity index (χ0) is 26.9. The van der Waals surface area contributed by atoms with Crippen molar-refractivity contribution < 1.29 is 62.0 Å². The van der Waals surface area contributed by atoms with E-state index in [9.17, 15) is 28.8 Å². The molecule has 0 bridgehead atoms. The average molecular weight is 532 g/mol. The van der Waals surface area contributed by atoms with Crippen LogP contribution in [0.3, 0.4) is 0 Å². The minimum atomic E-state index is -1.25. The number of esters is 1. The van der Waals surface area contributed by atoms with Crippen LogP contribution in [-0.4, -0.2) is 113 Å². The van der Waals surface area contributed by atoms with Gasteiger partial charge in [0.1, 0.15) is 0 Å². The standard InChI is InChI=1S/C23H33NO13/c25-17-1-2-18(26)23(17)36-21(29)5-7-31-9-11-33-13-15-35-16-14-34-12-10-32-8-6-22(30)37-24-19(27)3-4-20(24)28/h23H,1-16H2. The van der Waals surface area contributed by atoms with E-state index < -0.39 is 29.9 Å². The van der Waals surface area contributed by atoms with Crippen LogP contribution in [0.25, 0.3) is 0 Å². The Bertz CT molecular complexity index is 704. The number of rotatable bonds is 20. The summed E-state index contributed by atoms with van der Waals surface area (Å²) in [6, 6.07) is 0. The van der Waals surface area contributed by atoms with Crippen LogP contribution in [0.5, 0.6) is 0 Å². The van der Waals surface area contributed by atoms with Crippen LogP contribution < -0.4 is 0 Å². The summed E-state index contributed by atoms with van der Waals surface area (Å²) in [5.74, 6) is -3.14. The second kappa shape index (κ2) is 17.6. The van der Waals surface area contributed by atoms with Crippen LogP contribution in [0.1, 0.15) is 38.5 Å². The number of hydroxylamine groups is 2. The van der Waals surface area contributed by atoms with Gasteiger partial charge in [0.2, 0.25) is 6.10 Å². The summed E-state index contributed by atoms with van der Waals surface area (Å²) in [4.78, 5) is 73.5. The van der Waals surface area contributed by atoms with Gasteiger partial charge >= 0.3 is 11.9 Å². The highest BCUT2D eigenvalue weighted by Crippen LogP contribution is 2.15. The van der Waals surface area contributed by atoms with Gasteiger partial charge in [-0.05, 0) is 0 Å². The fourth-order valence-corrected chi connectivity index (χ4v) is 3.11. The first-order valence-electron chi connectivity index (χ1n) is 12.1. The first-order chi connectivity index (χ1) is 17.9. The zero-order valence-electron chi connectivity index (χ0n) is 20.6. The molecular formula is C23H33NO13. The summed E-state index contributed by atoms with van der Waals surface area (Å²) in [6.07, 6.45) is -1.07. The predicted octanol–water partition coefficient (Wildman–Crippen LogP) is -0.699. The number of ether oxygens (including phenoxy) is 6. The summed E-state index contributed by atoms with van der Waals surface area (Å²) < 4.78 is 31.4. The molecule has 2 rings (SSSR count). The highest BCUT2D eigenvalue weighted by molar-refractivity contribution is 6.12. The van der Waals surface area contributed by atoms with Gasteiger partial charge in [0.15, 0.2) is 11.6 Å². The number of carbonyl (C=O) groups is 6. The second-order valence-corrected chi connectivity index (χ2v) is 7.91. The van der Waals surface area contributed by atoms with Gasteiger partial charge in [-0.2, -0.15) is 0 Å². The number of amides is 2. The van der Waals surface area contributed by atoms with Gasteiger partial charge in [-0.1, -0.05) is 0 Å². The minimum Gasteiger partial charge on any atom is -0.446 e. The van der Waals surface area contributed by atoms with E-state index in [1.54, 1.807) is 0 Å². The molecule has 1 saturated heterocycles. The monoisotopic (exact) mass is 531 g/mol. The van der Waals surface area contributed by atoms with Crippen molar-refractivity contribution in [3.63, 3.8) is 0 Å². The molecule has 0 aromatic rings. The topological polar surface area (TPSA) is 170 Å². The Kier molecular flexibility index (Phi) is 14.5. The third kappa shape index (κ3) is 12.3. The Hall–Kier alpha value is -2.78. The first kappa shape index (κ1) is 30.4. The number of hydrogen-bond donors (Lipinski definition) is 0. The van der Waals surface area contributed by atoms with Gasteiger partial charge in [-0.3, -0.25) is 24.0 Å². The Labute approximate surface area is 213 Å². The van der Waals surface area contributed by atoms with E-state index in [-0.39, 0.29) is 76.5 Å². The lowest BCUT2D eigenvalue weighted by atomic mass is 10.3. The van der Waals surface area contributed by atoms with Crippen molar-refractivity contribution in [1.82, 2.24) is 5.06 Å². The Morgan fingerprint density at radius 1 is 0.568 bits per heavy atom. The molecule has 0 aromatic carbocycles. The van der Waals surface area contributed by atoms with Gasteiger partial charge in [-0.25, -0.2) is 4.79 Å². The van der Waals surface area contributed by atoms with Crippen molar-refractivity contribution in [3.8, 4) is 0 Å². The fraction of sp³-hybridized carbons (Fsp3) is 0.739. The van der Waals surface area contributed by atoms with Crippen molar-refractivity contribution in [2.75, 3.05) is 66.1 Å². The van der Waals surface area contributed by atoms with E-state index in [0.29, 0.717) is 44.7 Å². The van der Waals surface area contributed by atoms with E-state index in [0.717, 1.165) is 0 Å². The number of carbonyl (C=O) groups excluding carboxylic acids is 6. The Morgan fingerprint density at radius 3 is 1.38 bits per heavy atom. The number of imide groups is 1. The molecule has 0 unspecified atom stereocenters. The summed E-state index contributed by atoms with van der Waals surface area (Å²) in [6.45, 7) is 2.73. The number of nitrogens with zero attached hydrogens (tertiary/aromatic N) is 1. The predicted molar refractivity (Wildman–Crippen MR) is 120 cm³/mol. The quantitative estimate of drug-likeness (QED) is 0.0837. The molecule has 2 amide bonds. The van der Waals surface area contributed by atoms with Crippen LogP contribution in [0, 0.1) is 0 Å². The van der Waals surface area contributed by atoms with Gasteiger partial charge in [0.25, 0.3) is 11.8 Å². The zero-order valence-corrected chi connectivity index (χ0v) is 20.6. The van der Waals surface area contributed by atoms with Gasteiger partial charge in [-0.15, -0.1) is 5.06 Å². The van der Waals surface area contributed by atoms with Crippen molar-refractivity contribution in [1.29, 1.82) is 0 Å². The SMILES string of the molecule is O=C(CCOCCOCCOCCOCCOCCC(=O)ON1C(=O)CCC1=O)OC1C(=O)CCC1=O. The molecule has 0 atom stereocenters. The molecule has 1 aliphatic carbocycles. The maximum Gasteiger partial charge on any atom is 0.335 e. The molecule has 0 radical (unpaired) electrons. The van der Waals surface area contributed by atoms with E-state index in [1.165, 1.54) is 0 Å². The van der Waals surface area contributed by atoms with E-state index in [2.05, 4.69) is 0 Å². The highest BCUT2D eigenvalue weighted by Gasteiger charge is 2.36. The second-order valence-electron chi connectivity index (χ2n) is 7.91. The molecule has 14 nitrogen and oxygen atoms in total. The summed E-state index contributed by atoms with van der Waals surface area (Å²) in [5, 5.41) is 0.500. The normalized spacial score (nSPS) is 16.2. The molecule has 2 aliphatic rings. The fourth-order valence-electron chi connectivity index (χ4n) is 3.11. The molecule has 1 aliphatic heterocycles. The number of Topliss-reactive ketones (excluding diaryl/α,β-unsaturated/α-hetero) is 2. The smallest absolute Gasteiger partial charge is 0.335 e. The molecule has 0 N–H and O–H groups in total. The molecule has 1 saturated carbocycles. The first-order valence-corrected chi connectivity index (χ1v) is 12.1. The molecule has 0 spiro atoms. The van der Waals surface area contributed by atoms with Crippen molar-refractivity contribution in [3.05, 3.63) is 0 Å². The van der Waals surface area contributed by atoms with Crippen molar-refractivity contribution in [2.24, 2.45) is 0 Å². The van der Waals surface area contributed by atoms with Crippen LogP contribution in [0.2, 0.25) is 0 Å². The summed E-state index contributed by atoms with van der Waals surface area (Å²) in [5.41, 5.74) is 0. The summed E-state index contributed by atoms with van der Waals surface area (Å²) >= 11 is 0. The third-order valence-corrected chi connectivity index (χ3v) is 5.04. The largest absolute Gasteiger partial charge is 0.446 e. The lowest BCUT2D eigenvalue weighted by Gasteiger charge is -2.12. The van der Waals surface area contributed by atoms with Crippen LogP contribution >= 0.6 is 0 Å². The molecule has 0 aromatic heterocycles. The van der Waals surface area contributed by atoms with Crippen LogP contribution in [0.15, 0.2) is 0 Å². The molecule has 208 valence electrons. The van der Waals surface area contributed by atoms with E-state index in [1.807, 2.05) is 0 Å². The lowest BCUT2D eigenvalue weighted by Crippen LogP contribution is -2.32. The van der Waals surface area contributed by atoms with Crippen molar-refractivity contribution >= 4 is 35.3 Å². The third-order valence-electron chi connectivity index (χ3n) is 5.04. The van der Waals surface area contributed by atoms with Gasteiger partial charge in [0, 0.05) is 25.7 Å². The highest BCUT2D eigenvalue weighted by atomic mass is 16.7. The van der Waals surface area contributed by atoms with Crippen molar-refractivity contribution in [2.45, 2.75) is 44.6 Å². The Balaban J connectivity index is 1.27. The maximum atomic E-state index is 11.6. The summed E-state index contributed by atoms with van der Waals surface area (Å²) in [7, 11) is 0. The van der Waals surface area contributed by atoms with Gasteiger partial charge < -0.3 is 33.3 Å². The minimum absolute atomic E-state index is 0.0464. The molecule has 1 heterocycles. The molecular weight excluding hydrogens is 498 g/mol. The van der Waals surface area contributed by atoms with E-state index >= 15 is 0 Å². The molecule has 14 heteroatoms. The number of ketones is 2. The van der Waals surface area contributed by atoms with Crippen LogP contribution in [-0.2, 0) is 62.0 Å². The average Bonchev–Trinajstić information content (AvgIpc) is 3.36. The lowest BCUT2D eigenvalue weighted by molar-refractivity contribution is -0.198. The van der Waals surface area contributed by atoms with Gasteiger partial charge in [0.05, 0.1) is 78.9 Å². The van der Waals surface area contributed by atoms with E-state index in [4.69, 9.17) is 33.3 Å². The van der Waals surface area contributed by atoms with Crippen LogP contribution in [0.4, 0.5) is 0 Å².